The van der Waals surface area contributed by atoms with Crippen molar-refractivity contribution in [2.75, 3.05) is 0 Å². The molecule has 4 rings (SSSR count). The summed E-state index contributed by atoms with van der Waals surface area (Å²) >= 11 is 1.54. The molecule has 2 aromatic carbocycles. The van der Waals surface area contributed by atoms with Crippen LogP contribution >= 0.6 is 11.3 Å². The molecule has 0 aliphatic rings. The van der Waals surface area contributed by atoms with Crippen LogP contribution in [0.5, 0.6) is 5.75 Å². The van der Waals surface area contributed by atoms with Gasteiger partial charge in [0.2, 0.25) is 0 Å². The molecule has 0 saturated heterocycles. The van der Waals surface area contributed by atoms with Gasteiger partial charge in [-0.25, -0.2) is 0 Å². The molecule has 0 atom stereocenters. The molecule has 2 N–H and O–H groups in total. The molecule has 3 nitrogen and oxygen atoms in total. The molecular weight excluding hydrogens is 318 g/mol. The van der Waals surface area contributed by atoms with E-state index in [1.807, 2.05) is 18.2 Å². The summed E-state index contributed by atoms with van der Waals surface area (Å²) in [4.78, 5) is 16.7. The van der Waals surface area contributed by atoms with Crippen LogP contribution in [0.3, 0.4) is 0 Å². The SMILES string of the molecule is CCCc1c(-c2ccccc2)sc2c(=O)[nH]c3ccc(O)cc3c12. The van der Waals surface area contributed by atoms with Crippen LogP contribution in [0.1, 0.15) is 18.9 Å². The van der Waals surface area contributed by atoms with Crippen LogP contribution in [-0.4, -0.2) is 10.1 Å². The van der Waals surface area contributed by atoms with E-state index in [0.717, 1.165) is 44.3 Å². The maximum Gasteiger partial charge on any atom is 0.266 e. The zero-order valence-electron chi connectivity index (χ0n) is 13.3. The van der Waals surface area contributed by atoms with E-state index < -0.39 is 0 Å². The Morgan fingerprint density at radius 3 is 2.67 bits per heavy atom. The lowest BCUT2D eigenvalue weighted by Crippen LogP contribution is -2.04. The number of phenols is 1. The van der Waals surface area contributed by atoms with Crippen LogP contribution in [0.15, 0.2) is 53.3 Å². The van der Waals surface area contributed by atoms with Gasteiger partial charge in [0.05, 0.1) is 0 Å². The number of nitrogens with one attached hydrogen (secondary N) is 1. The van der Waals surface area contributed by atoms with Crippen molar-refractivity contribution in [3.63, 3.8) is 0 Å². The lowest BCUT2D eigenvalue weighted by molar-refractivity contribution is 0.476. The summed E-state index contributed by atoms with van der Waals surface area (Å²) in [5.41, 5.74) is 3.04. The number of phenolic OH excluding ortho intramolecular Hbond substituents is 1. The molecule has 120 valence electrons. The largest absolute Gasteiger partial charge is 0.508 e. The van der Waals surface area contributed by atoms with E-state index in [2.05, 4.69) is 24.0 Å². The number of thiophene rings is 1. The normalized spacial score (nSPS) is 11.4. The van der Waals surface area contributed by atoms with Gasteiger partial charge in [0.15, 0.2) is 0 Å². The number of aryl methyl sites for hydroxylation is 1. The molecule has 0 bridgehead atoms. The van der Waals surface area contributed by atoms with Gasteiger partial charge in [0, 0.05) is 21.2 Å². The van der Waals surface area contributed by atoms with Gasteiger partial charge in [-0.1, -0.05) is 43.7 Å². The number of hydrogen-bond acceptors (Lipinski definition) is 3. The second-order valence-corrected chi connectivity index (χ2v) is 6.93. The van der Waals surface area contributed by atoms with Gasteiger partial charge in [-0.15, -0.1) is 11.3 Å². The summed E-state index contributed by atoms with van der Waals surface area (Å²) < 4.78 is 0.732. The Kier molecular flexibility index (Phi) is 3.62. The molecule has 0 radical (unpaired) electrons. The Bertz CT molecular complexity index is 1090. The second-order valence-electron chi connectivity index (χ2n) is 5.91. The third-order valence-electron chi connectivity index (χ3n) is 4.27. The summed E-state index contributed by atoms with van der Waals surface area (Å²) in [6, 6.07) is 15.3. The molecule has 2 aromatic heterocycles. The van der Waals surface area contributed by atoms with E-state index in [1.54, 1.807) is 18.2 Å². The average molecular weight is 335 g/mol. The number of pyridine rings is 1. The fraction of sp³-hybridized carbons (Fsp3) is 0.150. The van der Waals surface area contributed by atoms with Gasteiger partial charge in [0.25, 0.3) is 5.56 Å². The highest BCUT2D eigenvalue weighted by atomic mass is 32.1. The topological polar surface area (TPSA) is 53.1 Å². The van der Waals surface area contributed by atoms with E-state index in [9.17, 15) is 9.90 Å². The predicted molar refractivity (Wildman–Crippen MR) is 101 cm³/mol. The van der Waals surface area contributed by atoms with Crippen LogP contribution in [0, 0.1) is 0 Å². The van der Waals surface area contributed by atoms with Crippen LogP contribution < -0.4 is 5.56 Å². The zero-order chi connectivity index (χ0) is 16.7. The fourth-order valence-corrected chi connectivity index (χ4v) is 4.51. The van der Waals surface area contributed by atoms with Crippen molar-refractivity contribution in [3.8, 4) is 16.2 Å². The third kappa shape index (κ3) is 2.31. The Morgan fingerprint density at radius 1 is 1.12 bits per heavy atom. The second kappa shape index (κ2) is 5.80. The minimum absolute atomic E-state index is 0.0623. The fourth-order valence-electron chi connectivity index (χ4n) is 3.25. The molecule has 0 saturated carbocycles. The van der Waals surface area contributed by atoms with Crippen molar-refractivity contribution in [2.24, 2.45) is 0 Å². The maximum atomic E-state index is 12.6. The molecular formula is C20H17NO2S. The maximum absolute atomic E-state index is 12.6. The summed E-state index contributed by atoms with van der Waals surface area (Å²) in [5, 5.41) is 11.8. The van der Waals surface area contributed by atoms with Crippen LogP contribution in [0.25, 0.3) is 31.4 Å². The van der Waals surface area contributed by atoms with Gasteiger partial charge < -0.3 is 10.1 Å². The molecule has 0 amide bonds. The quantitative estimate of drug-likeness (QED) is 0.549. The van der Waals surface area contributed by atoms with Gasteiger partial charge in [-0.3, -0.25) is 4.79 Å². The van der Waals surface area contributed by atoms with Crippen molar-refractivity contribution < 1.29 is 5.11 Å². The minimum Gasteiger partial charge on any atom is -0.508 e. The number of aromatic amines is 1. The summed E-state index contributed by atoms with van der Waals surface area (Å²) in [6.07, 6.45) is 1.90. The number of aromatic hydroxyl groups is 1. The molecule has 2 heterocycles. The Balaban J connectivity index is 2.18. The minimum atomic E-state index is -0.0623. The van der Waals surface area contributed by atoms with Gasteiger partial charge >= 0.3 is 0 Å². The van der Waals surface area contributed by atoms with Crippen molar-refractivity contribution in [2.45, 2.75) is 19.8 Å². The molecule has 0 spiro atoms. The molecule has 0 unspecified atom stereocenters. The van der Waals surface area contributed by atoms with Gasteiger partial charge in [-0.2, -0.15) is 0 Å². The molecule has 4 aromatic rings. The highest BCUT2D eigenvalue weighted by Gasteiger charge is 2.18. The predicted octanol–water partition coefficient (Wildman–Crippen LogP) is 5.07. The zero-order valence-corrected chi connectivity index (χ0v) is 14.1. The number of H-pyrrole nitrogens is 1. The van der Waals surface area contributed by atoms with Crippen LogP contribution in [0.2, 0.25) is 0 Å². The third-order valence-corrected chi connectivity index (χ3v) is 5.55. The van der Waals surface area contributed by atoms with E-state index in [0.29, 0.717) is 0 Å². The summed E-state index contributed by atoms with van der Waals surface area (Å²) in [5.74, 6) is 0.214. The highest BCUT2D eigenvalue weighted by molar-refractivity contribution is 7.22. The first-order valence-corrected chi connectivity index (χ1v) is 8.86. The van der Waals surface area contributed by atoms with E-state index in [4.69, 9.17) is 0 Å². The monoisotopic (exact) mass is 335 g/mol. The van der Waals surface area contributed by atoms with E-state index in [-0.39, 0.29) is 11.3 Å². The smallest absolute Gasteiger partial charge is 0.266 e. The van der Waals surface area contributed by atoms with Gasteiger partial charge in [0.1, 0.15) is 10.4 Å². The molecule has 0 aliphatic heterocycles. The lowest BCUT2D eigenvalue weighted by atomic mass is 9.99. The highest BCUT2D eigenvalue weighted by Crippen LogP contribution is 2.41. The first-order valence-electron chi connectivity index (χ1n) is 8.05. The molecule has 0 fully saturated rings. The number of rotatable bonds is 3. The summed E-state index contributed by atoms with van der Waals surface area (Å²) in [7, 11) is 0. The van der Waals surface area contributed by atoms with Crippen LogP contribution in [0.4, 0.5) is 0 Å². The van der Waals surface area contributed by atoms with Gasteiger partial charge in [-0.05, 0) is 35.7 Å². The van der Waals surface area contributed by atoms with E-state index in [1.165, 1.54) is 16.9 Å². The standard InChI is InChI=1S/C20H17NO2S/c1-2-6-14-17-15-11-13(22)9-10-16(15)21-20(23)19(17)24-18(14)12-7-4-3-5-8-12/h3-5,7-11,22H,2,6H2,1H3,(H,21,23). The van der Waals surface area contributed by atoms with Crippen molar-refractivity contribution >= 4 is 32.3 Å². The van der Waals surface area contributed by atoms with Crippen LogP contribution in [-0.2, 0) is 6.42 Å². The van der Waals surface area contributed by atoms with Crippen molar-refractivity contribution in [1.29, 1.82) is 0 Å². The summed E-state index contributed by atoms with van der Waals surface area (Å²) in [6.45, 7) is 2.14. The van der Waals surface area contributed by atoms with E-state index >= 15 is 0 Å². The molecule has 4 heteroatoms. The Hall–Kier alpha value is -2.59. The molecule has 24 heavy (non-hydrogen) atoms. The van der Waals surface area contributed by atoms with Crippen molar-refractivity contribution in [3.05, 3.63) is 64.4 Å². The number of aromatic nitrogens is 1. The average Bonchev–Trinajstić information content (AvgIpc) is 2.97. The Morgan fingerprint density at radius 2 is 1.92 bits per heavy atom. The first kappa shape index (κ1) is 15.0. The van der Waals surface area contributed by atoms with Crippen molar-refractivity contribution in [1.82, 2.24) is 4.98 Å². The molecule has 0 aliphatic carbocycles. The number of hydrogen-bond donors (Lipinski definition) is 2. The Labute approximate surface area is 143 Å². The first-order chi connectivity index (χ1) is 11.7. The number of benzene rings is 2. The number of fused-ring (bicyclic) bond motifs is 3. The lowest BCUT2D eigenvalue weighted by Gasteiger charge is -2.06.